The average molecular weight is 260 g/mol. The summed E-state index contributed by atoms with van der Waals surface area (Å²) in [6.45, 7) is 1.37. The monoisotopic (exact) mass is 260 g/mol. The number of pyridine rings is 1. The Kier molecular flexibility index (Phi) is 3.27. The van der Waals surface area contributed by atoms with E-state index in [0.717, 1.165) is 18.4 Å². The minimum absolute atomic E-state index is 0.0660. The first-order chi connectivity index (χ1) is 9.31. The summed E-state index contributed by atoms with van der Waals surface area (Å²) in [5, 5.41) is 13.0. The zero-order valence-electron chi connectivity index (χ0n) is 10.5. The van der Waals surface area contributed by atoms with E-state index in [1.165, 1.54) is 0 Å². The van der Waals surface area contributed by atoms with Crippen LogP contribution in [-0.2, 0) is 4.74 Å². The molecule has 0 atom stereocenters. The van der Waals surface area contributed by atoms with Crippen molar-refractivity contribution in [2.45, 2.75) is 18.4 Å². The maximum atomic E-state index is 9.64. The number of ether oxygens (including phenoxy) is 1. The molecule has 100 valence electrons. The van der Waals surface area contributed by atoms with E-state index in [0.29, 0.717) is 24.7 Å². The summed E-state index contributed by atoms with van der Waals surface area (Å²) in [6, 6.07) is 3.74. The molecule has 2 aromatic heterocycles. The Hall–Kier alpha value is -1.79. The lowest BCUT2D eigenvalue weighted by Crippen LogP contribution is -2.47. The topological polar surface area (TPSA) is 80.2 Å². The molecule has 0 aliphatic carbocycles. The molecule has 2 aromatic rings. The maximum Gasteiger partial charge on any atom is 0.180 e. The summed E-state index contributed by atoms with van der Waals surface area (Å²) in [7, 11) is 0. The summed E-state index contributed by atoms with van der Waals surface area (Å²) in [4.78, 5) is 12.8. The predicted molar refractivity (Wildman–Crippen MR) is 70.8 cm³/mol. The molecular weight excluding hydrogens is 244 g/mol. The standard InChI is InChI=1S/C13H16N4O2/c18-9-13(3-7-19-8-4-13)17-11-2-1-10-12(16-11)15-6-5-14-10/h1-2,5-6,18H,3-4,7-9H2,(H,15,16,17). The van der Waals surface area contributed by atoms with Gasteiger partial charge in [-0.3, -0.25) is 4.98 Å². The van der Waals surface area contributed by atoms with E-state index in [1.54, 1.807) is 12.4 Å². The molecule has 2 N–H and O–H groups in total. The number of fused-ring (bicyclic) bond motifs is 1. The second kappa shape index (κ2) is 5.07. The zero-order chi connectivity index (χ0) is 13.1. The predicted octanol–water partition coefficient (Wildman–Crippen LogP) is 0.978. The minimum Gasteiger partial charge on any atom is -0.394 e. The van der Waals surface area contributed by atoms with Crippen LogP contribution in [0.25, 0.3) is 11.2 Å². The number of aliphatic hydroxyl groups excluding tert-OH is 1. The fourth-order valence-corrected chi connectivity index (χ4v) is 2.28. The van der Waals surface area contributed by atoms with Crippen molar-refractivity contribution in [3.8, 4) is 0 Å². The smallest absolute Gasteiger partial charge is 0.180 e. The maximum absolute atomic E-state index is 9.64. The molecule has 1 saturated heterocycles. The van der Waals surface area contributed by atoms with Gasteiger partial charge in [-0.15, -0.1) is 0 Å². The molecule has 3 heterocycles. The summed E-state index contributed by atoms with van der Waals surface area (Å²) < 4.78 is 5.34. The molecule has 1 fully saturated rings. The second-order valence-corrected chi connectivity index (χ2v) is 4.77. The highest BCUT2D eigenvalue weighted by molar-refractivity contribution is 5.71. The number of hydrogen-bond donors (Lipinski definition) is 2. The zero-order valence-corrected chi connectivity index (χ0v) is 10.5. The Morgan fingerprint density at radius 1 is 1.21 bits per heavy atom. The van der Waals surface area contributed by atoms with Crippen molar-refractivity contribution in [1.29, 1.82) is 0 Å². The molecule has 0 amide bonds. The van der Waals surface area contributed by atoms with Crippen molar-refractivity contribution in [3.63, 3.8) is 0 Å². The van der Waals surface area contributed by atoms with E-state index in [-0.39, 0.29) is 12.1 Å². The lowest BCUT2D eigenvalue weighted by atomic mass is 9.91. The molecule has 6 heteroatoms. The Bertz CT molecular complexity index is 569. The molecule has 0 bridgehead atoms. The van der Waals surface area contributed by atoms with Gasteiger partial charge in [0.25, 0.3) is 0 Å². The number of hydrogen-bond acceptors (Lipinski definition) is 6. The quantitative estimate of drug-likeness (QED) is 0.856. The first-order valence-corrected chi connectivity index (χ1v) is 6.36. The van der Waals surface area contributed by atoms with E-state index < -0.39 is 0 Å². The first kappa shape index (κ1) is 12.3. The van der Waals surface area contributed by atoms with Crippen molar-refractivity contribution in [1.82, 2.24) is 15.0 Å². The molecule has 0 unspecified atom stereocenters. The van der Waals surface area contributed by atoms with Gasteiger partial charge < -0.3 is 15.2 Å². The van der Waals surface area contributed by atoms with Gasteiger partial charge in [-0.1, -0.05) is 0 Å². The van der Waals surface area contributed by atoms with Crippen LogP contribution in [0, 0.1) is 0 Å². The molecule has 3 rings (SSSR count). The lowest BCUT2D eigenvalue weighted by molar-refractivity contribution is 0.0378. The Morgan fingerprint density at radius 2 is 2.00 bits per heavy atom. The first-order valence-electron chi connectivity index (χ1n) is 6.36. The van der Waals surface area contributed by atoms with Crippen LogP contribution >= 0.6 is 0 Å². The SMILES string of the molecule is OCC1(Nc2ccc3nccnc3n2)CCOCC1. The molecule has 19 heavy (non-hydrogen) atoms. The highest BCUT2D eigenvalue weighted by Gasteiger charge is 2.32. The van der Waals surface area contributed by atoms with Crippen molar-refractivity contribution in [2.75, 3.05) is 25.1 Å². The normalized spacial score (nSPS) is 18.4. The third-order valence-corrected chi connectivity index (χ3v) is 3.48. The Morgan fingerprint density at radius 3 is 2.79 bits per heavy atom. The molecule has 6 nitrogen and oxygen atoms in total. The highest BCUT2D eigenvalue weighted by atomic mass is 16.5. The fourth-order valence-electron chi connectivity index (χ4n) is 2.28. The second-order valence-electron chi connectivity index (χ2n) is 4.77. The van der Waals surface area contributed by atoms with Crippen LogP contribution in [0.2, 0.25) is 0 Å². The third kappa shape index (κ3) is 2.50. The number of anilines is 1. The van der Waals surface area contributed by atoms with Gasteiger partial charge in [0.1, 0.15) is 11.3 Å². The molecule has 1 aliphatic rings. The largest absolute Gasteiger partial charge is 0.394 e. The number of nitrogens with one attached hydrogen (secondary N) is 1. The Labute approximate surface area is 110 Å². The summed E-state index contributed by atoms with van der Waals surface area (Å²) in [6.07, 6.45) is 4.80. The van der Waals surface area contributed by atoms with E-state index in [1.807, 2.05) is 12.1 Å². The van der Waals surface area contributed by atoms with Gasteiger partial charge in [-0.05, 0) is 25.0 Å². The van der Waals surface area contributed by atoms with Crippen LogP contribution in [0.1, 0.15) is 12.8 Å². The Balaban J connectivity index is 1.87. The van der Waals surface area contributed by atoms with E-state index >= 15 is 0 Å². The van der Waals surface area contributed by atoms with Gasteiger partial charge in [-0.2, -0.15) is 0 Å². The van der Waals surface area contributed by atoms with E-state index in [4.69, 9.17) is 4.74 Å². The molecular formula is C13H16N4O2. The number of nitrogens with zero attached hydrogens (tertiary/aromatic N) is 3. The van der Waals surface area contributed by atoms with E-state index in [2.05, 4.69) is 20.3 Å². The van der Waals surface area contributed by atoms with Crippen LogP contribution in [0.5, 0.6) is 0 Å². The van der Waals surface area contributed by atoms with Crippen LogP contribution in [-0.4, -0.2) is 45.4 Å². The number of rotatable bonds is 3. The average Bonchev–Trinajstić information content (AvgIpc) is 2.48. The van der Waals surface area contributed by atoms with Crippen LogP contribution in [0.4, 0.5) is 5.82 Å². The van der Waals surface area contributed by atoms with Gasteiger partial charge >= 0.3 is 0 Å². The van der Waals surface area contributed by atoms with E-state index in [9.17, 15) is 5.11 Å². The van der Waals surface area contributed by atoms with Gasteiger partial charge in [0, 0.05) is 25.6 Å². The molecule has 0 saturated carbocycles. The minimum atomic E-state index is -0.346. The summed E-state index contributed by atoms with van der Waals surface area (Å²) in [5.74, 6) is 0.712. The molecule has 0 radical (unpaired) electrons. The van der Waals surface area contributed by atoms with Crippen molar-refractivity contribution < 1.29 is 9.84 Å². The number of aromatic nitrogens is 3. The van der Waals surface area contributed by atoms with Crippen LogP contribution in [0.15, 0.2) is 24.5 Å². The van der Waals surface area contributed by atoms with Gasteiger partial charge in [-0.25, -0.2) is 9.97 Å². The van der Waals surface area contributed by atoms with Crippen LogP contribution in [0.3, 0.4) is 0 Å². The highest BCUT2D eigenvalue weighted by Crippen LogP contribution is 2.25. The molecule has 0 spiro atoms. The van der Waals surface area contributed by atoms with Gasteiger partial charge in [0.15, 0.2) is 5.65 Å². The van der Waals surface area contributed by atoms with Gasteiger partial charge in [0.05, 0.1) is 12.1 Å². The third-order valence-electron chi connectivity index (χ3n) is 3.48. The fraction of sp³-hybridized carbons (Fsp3) is 0.462. The molecule has 1 aliphatic heterocycles. The summed E-state index contributed by atoms with van der Waals surface area (Å²) in [5.41, 5.74) is 1.02. The van der Waals surface area contributed by atoms with Crippen molar-refractivity contribution >= 4 is 17.0 Å². The van der Waals surface area contributed by atoms with Crippen molar-refractivity contribution in [2.24, 2.45) is 0 Å². The number of aliphatic hydroxyl groups is 1. The summed E-state index contributed by atoms with van der Waals surface area (Å²) >= 11 is 0. The lowest BCUT2D eigenvalue weighted by Gasteiger charge is -2.36. The molecule has 0 aromatic carbocycles. The van der Waals surface area contributed by atoms with Crippen molar-refractivity contribution in [3.05, 3.63) is 24.5 Å². The van der Waals surface area contributed by atoms with Crippen LogP contribution < -0.4 is 5.32 Å². The van der Waals surface area contributed by atoms with Gasteiger partial charge in [0.2, 0.25) is 0 Å².